The van der Waals surface area contributed by atoms with Crippen molar-refractivity contribution in [3.63, 3.8) is 0 Å². The highest BCUT2D eigenvalue weighted by atomic mass is 16.6. The van der Waals surface area contributed by atoms with Gasteiger partial charge in [-0.2, -0.15) is 0 Å². The first-order chi connectivity index (χ1) is 19.4. The van der Waals surface area contributed by atoms with Crippen molar-refractivity contribution in [3.05, 3.63) is 71.8 Å². The largest absolute Gasteiger partial charge is 0.447 e. The minimum Gasteiger partial charge on any atom is -0.447 e. The SMILES string of the molecule is CC(C)C1COC(=O)N1C(=O)[C@@H](Cc1ccccc1)[C@H](O)C1C[C@@H](OCc2ccccc2)CN1C(=O)OC(C)(C)C. The van der Waals surface area contributed by atoms with Crippen LogP contribution >= 0.6 is 0 Å². The Morgan fingerprint density at radius 2 is 1.61 bits per heavy atom. The molecule has 5 atom stereocenters. The third-order valence-electron chi connectivity index (χ3n) is 7.60. The standard InChI is InChI=1S/C32H42N2O7/c1-21(2)27-20-40-31(38)34(27)29(36)25(16-22-12-8-6-9-13-22)28(35)26-17-24(39-19-23-14-10-7-11-15-23)18-33(26)30(37)41-32(3,4)5/h6-15,21,24-28,35H,16-20H2,1-5H3/t24-,25+,26?,27?,28+/m1/s1. The minimum absolute atomic E-state index is 0.0274. The summed E-state index contributed by atoms with van der Waals surface area (Å²) < 4.78 is 17.1. The molecule has 2 fully saturated rings. The zero-order valence-electron chi connectivity index (χ0n) is 24.6. The summed E-state index contributed by atoms with van der Waals surface area (Å²) >= 11 is 0. The monoisotopic (exact) mass is 566 g/mol. The second-order valence-electron chi connectivity index (χ2n) is 12.2. The second kappa shape index (κ2) is 13.0. The second-order valence-corrected chi connectivity index (χ2v) is 12.2. The van der Waals surface area contributed by atoms with Gasteiger partial charge in [-0.15, -0.1) is 0 Å². The molecule has 4 rings (SSSR count). The average Bonchev–Trinajstić information content (AvgIpc) is 3.54. The summed E-state index contributed by atoms with van der Waals surface area (Å²) in [5, 5.41) is 11.9. The van der Waals surface area contributed by atoms with Crippen LogP contribution in [0, 0.1) is 11.8 Å². The number of imide groups is 1. The number of hydrogen-bond acceptors (Lipinski definition) is 7. The smallest absolute Gasteiger partial charge is 0.416 e. The van der Waals surface area contributed by atoms with Crippen molar-refractivity contribution in [1.29, 1.82) is 0 Å². The third kappa shape index (κ3) is 7.65. The third-order valence-corrected chi connectivity index (χ3v) is 7.60. The summed E-state index contributed by atoms with van der Waals surface area (Å²) in [5.41, 5.74) is 1.07. The normalized spacial score (nSPS) is 22.5. The number of likely N-dealkylation sites (tertiary alicyclic amines) is 1. The van der Waals surface area contributed by atoms with Gasteiger partial charge >= 0.3 is 12.2 Å². The van der Waals surface area contributed by atoms with Crippen molar-refractivity contribution in [2.24, 2.45) is 11.8 Å². The van der Waals surface area contributed by atoms with Gasteiger partial charge < -0.3 is 19.3 Å². The van der Waals surface area contributed by atoms with Crippen LogP contribution in [0.25, 0.3) is 0 Å². The number of hydrogen-bond donors (Lipinski definition) is 1. The number of rotatable bonds is 9. The molecule has 9 nitrogen and oxygen atoms in total. The lowest BCUT2D eigenvalue weighted by molar-refractivity contribution is -0.139. The van der Waals surface area contributed by atoms with Crippen molar-refractivity contribution >= 4 is 18.1 Å². The van der Waals surface area contributed by atoms with E-state index in [0.29, 0.717) is 13.0 Å². The number of aliphatic hydroxyl groups is 1. The van der Waals surface area contributed by atoms with Crippen molar-refractivity contribution < 1.29 is 33.7 Å². The van der Waals surface area contributed by atoms with E-state index in [2.05, 4.69) is 0 Å². The first-order valence-corrected chi connectivity index (χ1v) is 14.3. The van der Waals surface area contributed by atoms with Crippen LogP contribution in [0.1, 0.15) is 52.2 Å². The zero-order valence-corrected chi connectivity index (χ0v) is 24.6. The summed E-state index contributed by atoms with van der Waals surface area (Å²) in [6.07, 6.45) is -2.47. The molecule has 41 heavy (non-hydrogen) atoms. The van der Waals surface area contributed by atoms with Crippen LogP contribution in [0.2, 0.25) is 0 Å². The number of amides is 3. The maximum absolute atomic E-state index is 14.1. The van der Waals surface area contributed by atoms with Crippen LogP contribution in [0.5, 0.6) is 0 Å². The van der Waals surface area contributed by atoms with E-state index in [4.69, 9.17) is 14.2 Å². The predicted octanol–water partition coefficient (Wildman–Crippen LogP) is 4.80. The van der Waals surface area contributed by atoms with Crippen LogP contribution < -0.4 is 0 Å². The molecule has 222 valence electrons. The molecule has 1 N–H and O–H groups in total. The summed E-state index contributed by atoms with van der Waals surface area (Å²) in [7, 11) is 0. The molecule has 9 heteroatoms. The van der Waals surface area contributed by atoms with Gasteiger partial charge in [0, 0.05) is 0 Å². The van der Waals surface area contributed by atoms with Crippen LogP contribution in [0.15, 0.2) is 60.7 Å². The van der Waals surface area contributed by atoms with E-state index < -0.39 is 47.8 Å². The first kappa shape index (κ1) is 30.5. The molecule has 2 aliphatic rings. The average molecular weight is 567 g/mol. The number of cyclic esters (lactones) is 1. The topological polar surface area (TPSA) is 106 Å². The van der Waals surface area contributed by atoms with Gasteiger partial charge in [-0.3, -0.25) is 9.69 Å². The molecule has 0 saturated carbocycles. The van der Waals surface area contributed by atoms with Gasteiger partial charge in [0.2, 0.25) is 5.91 Å². The van der Waals surface area contributed by atoms with Crippen LogP contribution in [0.4, 0.5) is 9.59 Å². The van der Waals surface area contributed by atoms with Gasteiger partial charge in [0.05, 0.1) is 43.4 Å². The molecule has 0 bridgehead atoms. The lowest BCUT2D eigenvalue weighted by Crippen LogP contribution is -2.53. The summed E-state index contributed by atoms with van der Waals surface area (Å²) in [5.74, 6) is -1.55. The molecule has 2 aromatic rings. The molecule has 0 aromatic heterocycles. The fourth-order valence-corrected chi connectivity index (χ4v) is 5.44. The molecule has 2 heterocycles. The Morgan fingerprint density at radius 3 is 2.20 bits per heavy atom. The minimum atomic E-state index is -1.29. The Kier molecular flexibility index (Phi) is 9.71. The van der Waals surface area contributed by atoms with Gasteiger partial charge in [-0.25, -0.2) is 14.5 Å². The fraction of sp³-hybridized carbons (Fsp3) is 0.531. The van der Waals surface area contributed by atoms with E-state index in [1.165, 1.54) is 4.90 Å². The van der Waals surface area contributed by atoms with E-state index >= 15 is 0 Å². The van der Waals surface area contributed by atoms with Gasteiger partial charge in [0.25, 0.3) is 0 Å². The van der Waals surface area contributed by atoms with Crippen LogP contribution in [0.3, 0.4) is 0 Å². The maximum atomic E-state index is 14.1. The molecular weight excluding hydrogens is 524 g/mol. The number of benzene rings is 2. The van der Waals surface area contributed by atoms with Gasteiger partial charge in [0.15, 0.2) is 0 Å². The number of ether oxygens (including phenoxy) is 3. The van der Waals surface area contributed by atoms with Crippen molar-refractivity contribution in [2.75, 3.05) is 13.2 Å². The van der Waals surface area contributed by atoms with Crippen molar-refractivity contribution in [3.8, 4) is 0 Å². The lowest BCUT2D eigenvalue weighted by Gasteiger charge is -2.35. The summed E-state index contributed by atoms with van der Waals surface area (Å²) in [4.78, 5) is 42.8. The molecule has 0 spiro atoms. The predicted molar refractivity (Wildman–Crippen MR) is 153 cm³/mol. The quantitative estimate of drug-likeness (QED) is 0.465. The van der Waals surface area contributed by atoms with Gasteiger partial charge in [-0.05, 0) is 50.7 Å². The van der Waals surface area contributed by atoms with Crippen molar-refractivity contribution in [2.45, 2.75) is 84.0 Å². The summed E-state index contributed by atoms with van der Waals surface area (Å²) in [6, 6.07) is 17.9. The fourth-order valence-electron chi connectivity index (χ4n) is 5.44. The van der Waals surface area contributed by atoms with Crippen molar-refractivity contribution in [1.82, 2.24) is 9.80 Å². The zero-order chi connectivity index (χ0) is 29.7. The maximum Gasteiger partial charge on any atom is 0.416 e. The number of aliphatic hydroxyl groups excluding tert-OH is 1. The number of carbonyl (C=O) groups excluding carboxylic acids is 3. The summed E-state index contributed by atoms with van der Waals surface area (Å²) in [6.45, 7) is 9.85. The van der Waals surface area contributed by atoms with E-state index in [0.717, 1.165) is 16.0 Å². The van der Waals surface area contributed by atoms with Crippen LogP contribution in [-0.2, 0) is 32.0 Å². The van der Waals surface area contributed by atoms with E-state index in [-0.39, 0.29) is 31.6 Å². The number of carbonyl (C=O) groups is 3. The molecule has 2 aromatic carbocycles. The highest BCUT2D eigenvalue weighted by molar-refractivity contribution is 5.95. The highest BCUT2D eigenvalue weighted by Crippen LogP contribution is 2.32. The molecular formula is C32H42N2O7. The Hall–Kier alpha value is -3.43. The van der Waals surface area contributed by atoms with E-state index in [1.54, 1.807) is 20.8 Å². The lowest BCUT2D eigenvalue weighted by atomic mass is 9.87. The molecule has 0 radical (unpaired) electrons. The Balaban J connectivity index is 1.62. The van der Waals surface area contributed by atoms with E-state index in [1.807, 2.05) is 74.5 Å². The highest BCUT2D eigenvalue weighted by Gasteiger charge is 2.49. The van der Waals surface area contributed by atoms with E-state index in [9.17, 15) is 19.5 Å². The first-order valence-electron chi connectivity index (χ1n) is 14.3. The number of nitrogens with zero attached hydrogens (tertiary/aromatic N) is 2. The molecule has 0 aliphatic carbocycles. The van der Waals surface area contributed by atoms with Gasteiger partial charge in [-0.1, -0.05) is 74.5 Å². The van der Waals surface area contributed by atoms with Gasteiger partial charge in [0.1, 0.15) is 12.2 Å². The molecule has 2 aliphatic heterocycles. The molecule has 3 amide bonds. The Labute approximate surface area is 242 Å². The molecule has 2 unspecified atom stereocenters. The Bertz CT molecular complexity index is 1180. The molecule has 2 saturated heterocycles. The Morgan fingerprint density at radius 1 is 1.00 bits per heavy atom. The van der Waals surface area contributed by atoms with Crippen LogP contribution in [-0.4, -0.2) is 76.0 Å².